The van der Waals surface area contributed by atoms with Crippen LogP contribution >= 0.6 is 23.2 Å². The average Bonchev–Trinajstić information content (AvgIpc) is 2.90. The molecule has 0 saturated carbocycles. The van der Waals surface area contributed by atoms with Crippen molar-refractivity contribution in [2.75, 3.05) is 0 Å². The zero-order valence-electron chi connectivity index (χ0n) is 23.6. The van der Waals surface area contributed by atoms with Crippen LogP contribution in [0.2, 0.25) is 10.0 Å². The highest BCUT2D eigenvalue weighted by atomic mass is 35.5. The summed E-state index contributed by atoms with van der Waals surface area (Å²) in [6.45, 7) is 10.7. The molecule has 208 valence electrons. The van der Waals surface area contributed by atoms with Gasteiger partial charge in [-0.15, -0.1) is 0 Å². The van der Waals surface area contributed by atoms with Crippen molar-refractivity contribution < 1.29 is 9.59 Å². The molecular formula is C33H40Cl2N2O2. The van der Waals surface area contributed by atoms with Gasteiger partial charge in [0, 0.05) is 41.0 Å². The third-order valence-corrected chi connectivity index (χ3v) is 7.82. The van der Waals surface area contributed by atoms with Crippen LogP contribution in [0, 0.1) is 0 Å². The highest BCUT2D eigenvalue weighted by Gasteiger charge is 2.31. The fourth-order valence-electron chi connectivity index (χ4n) is 4.42. The molecule has 1 N–H and O–H groups in total. The second-order valence-corrected chi connectivity index (χ2v) is 12.0. The molecule has 0 aliphatic rings. The summed E-state index contributed by atoms with van der Waals surface area (Å²) in [6.07, 6.45) is 2.01. The van der Waals surface area contributed by atoms with Crippen LogP contribution in [-0.4, -0.2) is 28.8 Å². The van der Waals surface area contributed by atoms with Gasteiger partial charge in [-0.3, -0.25) is 9.59 Å². The molecule has 2 atom stereocenters. The minimum absolute atomic E-state index is 0.0158. The zero-order chi connectivity index (χ0) is 28.6. The van der Waals surface area contributed by atoms with Crippen molar-refractivity contribution in [1.82, 2.24) is 10.2 Å². The largest absolute Gasteiger partial charge is 0.352 e. The summed E-state index contributed by atoms with van der Waals surface area (Å²) >= 11 is 13.1. The van der Waals surface area contributed by atoms with Crippen LogP contribution in [0.15, 0.2) is 72.8 Å². The lowest BCUT2D eigenvalue weighted by molar-refractivity contribution is -0.141. The quantitative estimate of drug-likeness (QED) is 0.257. The van der Waals surface area contributed by atoms with Gasteiger partial charge in [-0.25, -0.2) is 0 Å². The minimum atomic E-state index is -0.718. The maximum absolute atomic E-state index is 13.9. The summed E-state index contributed by atoms with van der Waals surface area (Å²) in [7, 11) is 0. The molecule has 0 aliphatic heterocycles. The number of aryl methyl sites for hydroxylation is 1. The topological polar surface area (TPSA) is 49.4 Å². The number of hydrogen-bond acceptors (Lipinski definition) is 2. The highest BCUT2D eigenvalue weighted by molar-refractivity contribution is 6.36. The number of hydrogen-bond donors (Lipinski definition) is 1. The molecule has 3 aromatic rings. The fraction of sp³-hybridized carbons (Fsp3) is 0.394. The van der Waals surface area contributed by atoms with Crippen molar-refractivity contribution >= 4 is 35.0 Å². The number of rotatable bonds is 11. The van der Waals surface area contributed by atoms with Gasteiger partial charge >= 0.3 is 0 Å². The van der Waals surface area contributed by atoms with Gasteiger partial charge in [-0.05, 0) is 54.0 Å². The molecule has 0 saturated heterocycles. The SMILES string of the molecule is CC[C@@H](C)NC(=O)[C@H](Cc1ccccc1)N(Cc1c(Cl)cccc1Cl)C(=O)CCc1ccc(C(C)(C)C)cc1. The first-order valence-electron chi connectivity index (χ1n) is 13.7. The molecular weight excluding hydrogens is 527 g/mol. The Kier molecular flexibility index (Phi) is 11.0. The van der Waals surface area contributed by atoms with E-state index in [4.69, 9.17) is 23.2 Å². The van der Waals surface area contributed by atoms with Gasteiger partial charge in [0.25, 0.3) is 0 Å². The van der Waals surface area contributed by atoms with E-state index in [1.54, 1.807) is 23.1 Å². The number of amides is 2. The van der Waals surface area contributed by atoms with E-state index in [0.717, 1.165) is 17.5 Å². The molecule has 0 radical (unpaired) electrons. The summed E-state index contributed by atoms with van der Waals surface area (Å²) in [5.41, 5.74) is 4.00. The Bertz CT molecular complexity index is 1220. The standard InChI is InChI=1S/C33H40Cl2N2O2/c1-6-23(2)36-32(39)30(21-25-11-8-7-9-12-25)37(22-27-28(34)13-10-14-29(27)35)31(38)20-17-24-15-18-26(19-16-24)33(3,4)5/h7-16,18-19,23,30H,6,17,20-22H2,1-5H3,(H,36,39)/t23-,30+/m1/s1. The smallest absolute Gasteiger partial charge is 0.243 e. The molecule has 0 unspecified atom stereocenters. The van der Waals surface area contributed by atoms with Crippen molar-refractivity contribution in [2.24, 2.45) is 0 Å². The fourth-order valence-corrected chi connectivity index (χ4v) is 4.93. The van der Waals surface area contributed by atoms with Crippen LogP contribution in [0.1, 0.15) is 69.7 Å². The van der Waals surface area contributed by atoms with Crippen LogP contribution < -0.4 is 5.32 Å². The monoisotopic (exact) mass is 566 g/mol. The molecule has 39 heavy (non-hydrogen) atoms. The Morgan fingerprint density at radius 2 is 1.49 bits per heavy atom. The van der Waals surface area contributed by atoms with E-state index in [2.05, 4.69) is 50.4 Å². The van der Waals surface area contributed by atoms with Gasteiger partial charge in [0.1, 0.15) is 6.04 Å². The molecule has 3 rings (SSSR count). The molecule has 0 spiro atoms. The van der Waals surface area contributed by atoms with E-state index in [1.807, 2.05) is 44.2 Å². The van der Waals surface area contributed by atoms with Crippen molar-refractivity contribution in [1.29, 1.82) is 0 Å². The average molecular weight is 568 g/mol. The summed E-state index contributed by atoms with van der Waals surface area (Å²) in [6, 6.07) is 22.8. The van der Waals surface area contributed by atoms with Gasteiger partial charge in [-0.1, -0.05) is 112 Å². The van der Waals surface area contributed by atoms with Crippen LogP contribution in [0.25, 0.3) is 0 Å². The molecule has 0 fully saturated rings. The summed E-state index contributed by atoms with van der Waals surface area (Å²) < 4.78 is 0. The van der Waals surface area contributed by atoms with Crippen molar-refractivity contribution in [3.63, 3.8) is 0 Å². The molecule has 0 aliphatic carbocycles. The lowest BCUT2D eigenvalue weighted by atomic mass is 9.86. The molecule has 2 amide bonds. The summed E-state index contributed by atoms with van der Waals surface area (Å²) in [5.74, 6) is -0.301. The van der Waals surface area contributed by atoms with Gasteiger partial charge < -0.3 is 10.2 Å². The van der Waals surface area contributed by atoms with Crippen LogP contribution in [0.4, 0.5) is 0 Å². The lowest BCUT2D eigenvalue weighted by Gasteiger charge is -2.33. The maximum atomic E-state index is 13.9. The Labute approximate surface area is 243 Å². The second kappa shape index (κ2) is 14.0. The third kappa shape index (κ3) is 8.84. The van der Waals surface area contributed by atoms with Crippen LogP contribution in [-0.2, 0) is 34.4 Å². The van der Waals surface area contributed by atoms with Crippen molar-refractivity contribution in [2.45, 2.75) is 84.3 Å². The number of nitrogens with zero attached hydrogens (tertiary/aromatic N) is 1. The molecule has 0 heterocycles. The second-order valence-electron chi connectivity index (χ2n) is 11.2. The summed E-state index contributed by atoms with van der Waals surface area (Å²) in [5, 5.41) is 4.04. The number of benzene rings is 3. The molecule has 6 heteroatoms. The first-order chi connectivity index (χ1) is 18.5. The van der Waals surface area contributed by atoms with E-state index < -0.39 is 6.04 Å². The number of carbonyl (C=O) groups excluding carboxylic acids is 2. The lowest BCUT2D eigenvalue weighted by Crippen LogP contribution is -2.52. The minimum Gasteiger partial charge on any atom is -0.352 e. The highest BCUT2D eigenvalue weighted by Crippen LogP contribution is 2.28. The van der Waals surface area contributed by atoms with Gasteiger partial charge in [-0.2, -0.15) is 0 Å². The van der Waals surface area contributed by atoms with Crippen molar-refractivity contribution in [3.05, 3.63) is 105 Å². The number of nitrogens with one attached hydrogen (secondary N) is 1. The van der Waals surface area contributed by atoms with Gasteiger partial charge in [0.15, 0.2) is 0 Å². The molecule has 0 aromatic heterocycles. The van der Waals surface area contributed by atoms with Crippen molar-refractivity contribution in [3.8, 4) is 0 Å². The molecule has 0 bridgehead atoms. The van der Waals surface area contributed by atoms with Crippen LogP contribution in [0.5, 0.6) is 0 Å². The Hall–Kier alpha value is -2.82. The van der Waals surface area contributed by atoms with E-state index in [1.165, 1.54) is 5.56 Å². The predicted octanol–water partition coefficient (Wildman–Crippen LogP) is 7.78. The summed E-state index contributed by atoms with van der Waals surface area (Å²) in [4.78, 5) is 29.2. The van der Waals surface area contributed by atoms with Gasteiger partial charge in [0.2, 0.25) is 11.8 Å². The first-order valence-corrected chi connectivity index (χ1v) is 14.4. The Morgan fingerprint density at radius 3 is 2.05 bits per heavy atom. The van der Waals surface area contributed by atoms with E-state index >= 15 is 0 Å². The van der Waals surface area contributed by atoms with E-state index in [-0.39, 0.29) is 36.2 Å². The van der Waals surface area contributed by atoms with E-state index in [0.29, 0.717) is 28.5 Å². The molecule has 4 nitrogen and oxygen atoms in total. The third-order valence-electron chi connectivity index (χ3n) is 7.11. The van der Waals surface area contributed by atoms with Gasteiger partial charge in [0.05, 0.1) is 0 Å². The number of carbonyl (C=O) groups is 2. The first kappa shape index (κ1) is 30.7. The Balaban J connectivity index is 1.93. The predicted molar refractivity (Wildman–Crippen MR) is 162 cm³/mol. The molecule has 3 aromatic carbocycles. The maximum Gasteiger partial charge on any atom is 0.243 e. The normalized spacial score (nSPS) is 13.0. The number of halogens is 2. The van der Waals surface area contributed by atoms with Crippen LogP contribution in [0.3, 0.4) is 0 Å². The Morgan fingerprint density at radius 1 is 0.872 bits per heavy atom. The van der Waals surface area contributed by atoms with E-state index in [9.17, 15) is 9.59 Å². The zero-order valence-corrected chi connectivity index (χ0v) is 25.1.